The number of aromatic nitrogens is 2. The summed E-state index contributed by atoms with van der Waals surface area (Å²) in [5.41, 5.74) is 2.37. The summed E-state index contributed by atoms with van der Waals surface area (Å²) in [5, 5.41) is 5.23. The van der Waals surface area contributed by atoms with E-state index in [2.05, 4.69) is 20.3 Å². The molecule has 4 rings (SSSR count). The standard InChI is InChI=1S/C23H17ClN4OS2/c24-21-17(9-6-12-25-21)15-27-18-10-4-5-11-19(18)31-20(16-7-2-1-3-8-16)22(29)28-23-26-13-14-30-23/h1-15,20H,(H,26,28,29)/t20-/m0/s1. The molecule has 0 saturated heterocycles. The van der Waals surface area contributed by atoms with Gasteiger partial charge in [-0.1, -0.05) is 54.1 Å². The van der Waals surface area contributed by atoms with Gasteiger partial charge in [-0.05, 0) is 29.8 Å². The van der Waals surface area contributed by atoms with Crippen molar-refractivity contribution in [3.05, 3.63) is 101 Å². The normalized spacial score (nSPS) is 12.0. The Kier molecular flexibility index (Phi) is 7.09. The number of carbonyl (C=O) groups is 1. The Morgan fingerprint density at radius 2 is 1.84 bits per heavy atom. The van der Waals surface area contributed by atoms with E-state index >= 15 is 0 Å². The first-order chi connectivity index (χ1) is 15.2. The van der Waals surface area contributed by atoms with Crippen LogP contribution in [0.15, 0.2) is 94.4 Å². The molecule has 2 aromatic heterocycles. The van der Waals surface area contributed by atoms with Gasteiger partial charge in [0.25, 0.3) is 0 Å². The predicted octanol–water partition coefficient (Wildman–Crippen LogP) is 6.41. The Balaban J connectivity index is 1.63. The summed E-state index contributed by atoms with van der Waals surface area (Å²) in [6, 6.07) is 21.0. The molecule has 0 saturated carbocycles. The molecule has 5 nitrogen and oxygen atoms in total. The van der Waals surface area contributed by atoms with Crippen molar-refractivity contribution in [1.82, 2.24) is 9.97 Å². The number of carbonyl (C=O) groups excluding carboxylic acids is 1. The number of anilines is 1. The summed E-state index contributed by atoms with van der Waals surface area (Å²) in [7, 11) is 0. The number of nitrogens with zero attached hydrogens (tertiary/aromatic N) is 3. The zero-order valence-corrected chi connectivity index (χ0v) is 18.6. The van der Waals surface area contributed by atoms with E-state index in [1.807, 2.05) is 72.1 Å². The molecule has 8 heteroatoms. The highest BCUT2D eigenvalue weighted by Gasteiger charge is 2.23. The van der Waals surface area contributed by atoms with Gasteiger partial charge in [0.15, 0.2) is 5.13 Å². The number of hydrogen-bond acceptors (Lipinski definition) is 6. The fourth-order valence-electron chi connectivity index (χ4n) is 2.78. The largest absolute Gasteiger partial charge is 0.301 e. The van der Waals surface area contributed by atoms with E-state index in [0.717, 1.165) is 21.7 Å². The summed E-state index contributed by atoms with van der Waals surface area (Å²) in [6.07, 6.45) is 4.98. The Morgan fingerprint density at radius 3 is 2.61 bits per heavy atom. The highest BCUT2D eigenvalue weighted by Crippen LogP contribution is 2.40. The number of halogens is 1. The van der Waals surface area contributed by atoms with Crippen LogP contribution in [0.2, 0.25) is 5.15 Å². The van der Waals surface area contributed by atoms with Crippen LogP contribution in [-0.4, -0.2) is 22.1 Å². The molecule has 0 bridgehead atoms. The lowest BCUT2D eigenvalue weighted by Crippen LogP contribution is -2.18. The molecule has 0 unspecified atom stereocenters. The Morgan fingerprint density at radius 1 is 1.03 bits per heavy atom. The van der Waals surface area contributed by atoms with Gasteiger partial charge in [-0.25, -0.2) is 9.97 Å². The average Bonchev–Trinajstić information content (AvgIpc) is 3.31. The minimum absolute atomic E-state index is 0.139. The van der Waals surface area contributed by atoms with Crippen molar-refractivity contribution in [2.45, 2.75) is 10.1 Å². The SMILES string of the molecule is O=C(Nc1nccs1)[C@@H](Sc1ccccc1N=Cc1cccnc1Cl)c1ccccc1. The molecule has 2 heterocycles. The van der Waals surface area contributed by atoms with Gasteiger partial charge in [-0.15, -0.1) is 23.1 Å². The summed E-state index contributed by atoms with van der Waals surface area (Å²) < 4.78 is 0. The lowest BCUT2D eigenvalue weighted by molar-refractivity contribution is -0.115. The van der Waals surface area contributed by atoms with Crippen molar-refractivity contribution in [3.63, 3.8) is 0 Å². The predicted molar refractivity (Wildman–Crippen MR) is 129 cm³/mol. The van der Waals surface area contributed by atoms with Crippen LogP contribution in [-0.2, 0) is 4.79 Å². The molecule has 31 heavy (non-hydrogen) atoms. The summed E-state index contributed by atoms with van der Waals surface area (Å²) in [6.45, 7) is 0. The van der Waals surface area contributed by atoms with Crippen LogP contribution >= 0.6 is 34.7 Å². The molecule has 1 amide bonds. The molecule has 0 spiro atoms. The Bertz CT molecular complexity index is 1180. The van der Waals surface area contributed by atoms with E-state index < -0.39 is 5.25 Å². The zero-order valence-electron chi connectivity index (χ0n) is 16.2. The number of thiazole rings is 1. The molecular formula is C23H17ClN4OS2. The minimum Gasteiger partial charge on any atom is -0.301 e. The third kappa shape index (κ3) is 5.58. The maximum absolute atomic E-state index is 13.1. The van der Waals surface area contributed by atoms with Gasteiger partial charge in [0, 0.05) is 34.4 Å². The molecule has 0 aliphatic heterocycles. The number of para-hydroxylation sites is 1. The van der Waals surface area contributed by atoms with Gasteiger partial charge >= 0.3 is 0 Å². The molecule has 0 fully saturated rings. The monoisotopic (exact) mass is 464 g/mol. The molecular weight excluding hydrogens is 448 g/mol. The fourth-order valence-corrected chi connectivity index (χ4v) is 4.59. The van der Waals surface area contributed by atoms with Crippen LogP contribution in [0.5, 0.6) is 0 Å². The van der Waals surface area contributed by atoms with E-state index in [0.29, 0.717) is 10.3 Å². The topological polar surface area (TPSA) is 67.2 Å². The number of nitrogens with one attached hydrogen (secondary N) is 1. The molecule has 2 aromatic carbocycles. The number of benzene rings is 2. The van der Waals surface area contributed by atoms with Gasteiger partial charge in [0.05, 0.1) is 5.69 Å². The Hall–Kier alpha value is -3.00. The van der Waals surface area contributed by atoms with Gasteiger partial charge in [0.2, 0.25) is 5.91 Å². The van der Waals surface area contributed by atoms with Crippen molar-refractivity contribution in [2.75, 3.05) is 5.32 Å². The van der Waals surface area contributed by atoms with Crippen molar-refractivity contribution in [3.8, 4) is 0 Å². The molecule has 0 radical (unpaired) electrons. The zero-order chi connectivity index (χ0) is 21.5. The number of thioether (sulfide) groups is 1. The molecule has 4 aromatic rings. The van der Waals surface area contributed by atoms with Gasteiger partial charge in [-0.2, -0.15) is 0 Å². The summed E-state index contributed by atoms with van der Waals surface area (Å²) in [4.78, 5) is 26.8. The van der Waals surface area contributed by atoms with Gasteiger partial charge in [0.1, 0.15) is 10.4 Å². The molecule has 0 aliphatic rings. The van der Waals surface area contributed by atoms with Crippen molar-refractivity contribution >= 4 is 57.6 Å². The van der Waals surface area contributed by atoms with Crippen LogP contribution in [0.25, 0.3) is 0 Å². The third-order valence-corrected chi connectivity index (χ3v) is 6.57. The number of aliphatic imine (C=N–C) groups is 1. The maximum atomic E-state index is 13.1. The first-order valence-corrected chi connectivity index (χ1v) is 11.5. The van der Waals surface area contributed by atoms with E-state index in [9.17, 15) is 4.79 Å². The number of pyridine rings is 1. The smallest absolute Gasteiger partial charge is 0.244 e. The number of rotatable bonds is 7. The van der Waals surface area contributed by atoms with Crippen LogP contribution < -0.4 is 5.32 Å². The first kappa shape index (κ1) is 21.2. The fraction of sp³-hybridized carbons (Fsp3) is 0.0435. The maximum Gasteiger partial charge on any atom is 0.244 e. The second kappa shape index (κ2) is 10.3. The molecule has 154 valence electrons. The van der Waals surface area contributed by atoms with Crippen molar-refractivity contribution in [2.24, 2.45) is 4.99 Å². The average molecular weight is 465 g/mol. The van der Waals surface area contributed by atoms with Crippen molar-refractivity contribution < 1.29 is 4.79 Å². The van der Waals surface area contributed by atoms with Gasteiger partial charge in [-0.3, -0.25) is 9.79 Å². The molecule has 1 N–H and O–H groups in total. The lowest BCUT2D eigenvalue weighted by atomic mass is 10.1. The second-order valence-corrected chi connectivity index (χ2v) is 8.74. The highest BCUT2D eigenvalue weighted by atomic mass is 35.5. The lowest BCUT2D eigenvalue weighted by Gasteiger charge is -2.17. The van der Waals surface area contributed by atoms with E-state index in [4.69, 9.17) is 11.6 Å². The Labute approximate surface area is 193 Å². The highest BCUT2D eigenvalue weighted by molar-refractivity contribution is 8.00. The minimum atomic E-state index is -0.469. The quantitative estimate of drug-likeness (QED) is 0.195. The van der Waals surface area contributed by atoms with Crippen LogP contribution in [0.1, 0.15) is 16.4 Å². The van der Waals surface area contributed by atoms with Gasteiger partial charge < -0.3 is 5.32 Å². The van der Waals surface area contributed by atoms with E-state index in [1.165, 1.54) is 23.1 Å². The molecule has 0 aliphatic carbocycles. The van der Waals surface area contributed by atoms with E-state index in [-0.39, 0.29) is 5.91 Å². The first-order valence-electron chi connectivity index (χ1n) is 9.36. The van der Waals surface area contributed by atoms with Crippen LogP contribution in [0.3, 0.4) is 0 Å². The number of hydrogen-bond donors (Lipinski definition) is 1. The molecule has 1 atom stereocenters. The van der Waals surface area contributed by atoms with E-state index in [1.54, 1.807) is 18.6 Å². The number of amides is 1. The second-order valence-electron chi connectivity index (χ2n) is 6.34. The van der Waals surface area contributed by atoms with Crippen LogP contribution in [0, 0.1) is 0 Å². The third-order valence-electron chi connectivity index (χ3n) is 4.24. The van der Waals surface area contributed by atoms with Crippen molar-refractivity contribution in [1.29, 1.82) is 0 Å². The summed E-state index contributed by atoms with van der Waals surface area (Å²) >= 11 is 8.96. The van der Waals surface area contributed by atoms with Crippen LogP contribution in [0.4, 0.5) is 10.8 Å². The summed E-state index contributed by atoms with van der Waals surface area (Å²) in [5.74, 6) is -0.139.